The van der Waals surface area contributed by atoms with Crippen molar-refractivity contribution in [3.63, 3.8) is 0 Å². The molecule has 1 saturated heterocycles. The number of rotatable bonds is 5. The molecule has 3 atom stereocenters. The van der Waals surface area contributed by atoms with E-state index in [9.17, 15) is 0 Å². The molecule has 1 heterocycles. The first kappa shape index (κ1) is 13.4. The van der Waals surface area contributed by atoms with Gasteiger partial charge in [0.15, 0.2) is 0 Å². The predicted octanol–water partition coefficient (Wildman–Crippen LogP) is 2.89. The normalized spacial score (nSPS) is 35.3. The summed E-state index contributed by atoms with van der Waals surface area (Å²) in [6, 6.07) is 0.798. The molecule has 17 heavy (non-hydrogen) atoms. The van der Waals surface area contributed by atoms with Crippen LogP contribution in [-0.2, 0) is 0 Å². The van der Waals surface area contributed by atoms with E-state index >= 15 is 0 Å². The van der Waals surface area contributed by atoms with E-state index < -0.39 is 0 Å². The quantitative estimate of drug-likeness (QED) is 0.792. The van der Waals surface area contributed by atoms with Gasteiger partial charge in [-0.25, -0.2) is 0 Å². The zero-order valence-corrected chi connectivity index (χ0v) is 11.8. The minimum atomic E-state index is 0.798. The molecule has 2 rings (SSSR count). The fourth-order valence-corrected chi connectivity index (χ4v) is 3.60. The molecule has 0 radical (unpaired) electrons. The first-order valence-electron chi connectivity index (χ1n) is 7.75. The van der Waals surface area contributed by atoms with Gasteiger partial charge in [0.05, 0.1) is 0 Å². The molecule has 1 aliphatic carbocycles. The fourth-order valence-electron chi connectivity index (χ4n) is 3.60. The smallest absolute Gasteiger partial charge is 0.0108 e. The molecule has 2 nitrogen and oxygen atoms in total. The molecule has 1 N–H and O–H groups in total. The lowest BCUT2D eigenvalue weighted by Gasteiger charge is -2.37. The van der Waals surface area contributed by atoms with Gasteiger partial charge in [0.1, 0.15) is 0 Å². The van der Waals surface area contributed by atoms with Crippen LogP contribution >= 0.6 is 0 Å². The van der Waals surface area contributed by atoms with Gasteiger partial charge in [-0.05, 0) is 70.0 Å². The van der Waals surface area contributed by atoms with Crippen LogP contribution in [0.15, 0.2) is 0 Å². The van der Waals surface area contributed by atoms with Crippen molar-refractivity contribution >= 4 is 0 Å². The van der Waals surface area contributed by atoms with Gasteiger partial charge in [0.25, 0.3) is 0 Å². The number of nitrogens with one attached hydrogen (secondary N) is 1. The molecule has 0 amide bonds. The lowest BCUT2D eigenvalue weighted by molar-refractivity contribution is 0.160. The van der Waals surface area contributed by atoms with E-state index in [-0.39, 0.29) is 0 Å². The summed E-state index contributed by atoms with van der Waals surface area (Å²) in [5.74, 6) is 1.85. The Bertz CT molecular complexity index is 209. The third kappa shape index (κ3) is 3.96. The molecule has 0 aromatic rings. The van der Waals surface area contributed by atoms with Crippen molar-refractivity contribution in [3.8, 4) is 0 Å². The summed E-state index contributed by atoms with van der Waals surface area (Å²) in [5.41, 5.74) is 0. The summed E-state index contributed by atoms with van der Waals surface area (Å²) in [7, 11) is 0. The molecule has 0 spiro atoms. The lowest BCUT2D eigenvalue weighted by atomic mass is 9.78. The largest absolute Gasteiger partial charge is 0.314 e. The second kappa shape index (κ2) is 6.75. The third-order valence-electron chi connectivity index (χ3n) is 4.59. The highest BCUT2D eigenvalue weighted by molar-refractivity contribution is 4.86. The molecule has 2 fully saturated rings. The Morgan fingerprint density at radius 1 is 1.18 bits per heavy atom. The van der Waals surface area contributed by atoms with E-state index in [1.165, 1.54) is 64.7 Å². The van der Waals surface area contributed by atoms with Crippen LogP contribution in [0.4, 0.5) is 0 Å². The molecule has 100 valence electrons. The van der Waals surface area contributed by atoms with Gasteiger partial charge in [0, 0.05) is 12.6 Å². The van der Waals surface area contributed by atoms with Crippen molar-refractivity contribution in [2.45, 2.75) is 58.4 Å². The van der Waals surface area contributed by atoms with Crippen LogP contribution < -0.4 is 5.32 Å². The van der Waals surface area contributed by atoms with Gasteiger partial charge < -0.3 is 10.2 Å². The van der Waals surface area contributed by atoms with Crippen LogP contribution in [0.5, 0.6) is 0 Å². The molecular weight excluding hydrogens is 208 g/mol. The molecule has 2 heteroatoms. The van der Waals surface area contributed by atoms with Crippen molar-refractivity contribution in [3.05, 3.63) is 0 Å². The topological polar surface area (TPSA) is 15.3 Å². The summed E-state index contributed by atoms with van der Waals surface area (Å²) in [6.07, 6.45) is 8.39. The molecule has 0 bridgehead atoms. The lowest BCUT2D eigenvalue weighted by Crippen LogP contribution is -2.45. The Balaban J connectivity index is 1.83. The van der Waals surface area contributed by atoms with Gasteiger partial charge in [-0.15, -0.1) is 0 Å². The predicted molar refractivity (Wildman–Crippen MR) is 74.3 cm³/mol. The van der Waals surface area contributed by atoms with E-state index in [0.29, 0.717) is 0 Å². The van der Waals surface area contributed by atoms with E-state index in [1.807, 2.05) is 0 Å². The van der Waals surface area contributed by atoms with Crippen molar-refractivity contribution < 1.29 is 0 Å². The Morgan fingerprint density at radius 3 is 2.65 bits per heavy atom. The van der Waals surface area contributed by atoms with Crippen molar-refractivity contribution in [1.29, 1.82) is 0 Å². The van der Waals surface area contributed by atoms with Crippen molar-refractivity contribution in [1.82, 2.24) is 10.2 Å². The number of hydrogen-bond acceptors (Lipinski definition) is 2. The molecule has 0 aromatic carbocycles. The van der Waals surface area contributed by atoms with Crippen LogP contribution in [0, 0.1) is 11.8 Å². The zero-order chi connectivity index (χ0) is 12.1. The highest BCUT2D eigenvalue weighted by atomic mass is 15.1. The van der Waals surface area contributed by atoms with E-state index in [4.69, 9.17) is 0 Å². The van der Waals surface area contributed by atoms with Gasteiger partial charge in [-0.2, -0.15) is 0 Å². The second-order valence-corrected chi connectivity index (χ2v) is 6.25. The molecule has 3 unspecified atom stereocenters. The van der Waals surface area contributed by atoms with Crippen LogP contribution in [0.2, 0.25) is 0 Å². The highest BCUT2D eigenvalue weighted by Gasteiger charge is 2.30. The summed E-state index contributed by atoms with van der Waals surface area (Å²) in [6.45, 7) is 9.97. The average Bonchev–Trinajstić information content (AvgIpc) is 2.81. The summed E-state index contributed by atoms with van der Waals surface area (Å²) < 4.78 is 0. The Labute approximate surface area is 107 Å². The highest BCUT2D eigenvalue weighted by Crippen LogP contribution is 2.30. The number of likely N-dealkylation sites (tertiary alicyclic amines) is 1. The Kier molecular flexibility index (Phi) is 5.30. The Hall–Kier alpha value is -0.0800. The maximum absolute atomic E-state index is 3.79. The molecular formula is C15H30N2. The SMILES string of the molecule is CCCNC1CCC(C)CC1CN1CCCC1. The van der Waals surface area contributed by atoms with Crippen LogP contribution in [0.25, 0.3) is 0 Å². The van der Waals surface area contributed by atoms with Crippen LogP contribution in [0.3, 0.4) is 0 Å². The van der Waals surface area contributed by atoms with E-state index in [1.54, 1.807) is 0 Å². The fraction of sp³-hybridized carbons (Fsp3) is 1.00. The van der Waals surface area contributed by atoms with Crippen LogP contribution in [0.1, 0.15) is 52.4 Å². The van der Waals surface area contributed by atoms with E-state index in [2.05, 4.69) is 24.1 Å². The van der Waals surface area contributed by atoms with Gasteiger partial charge in [-0.1, -0.05) is 13.8 Å². The first-order valence-corrected chi connectivity index (χ1v) is 7.75. The monoisotopic (exact) mass is 238 g/mol. The first-order chi connectivity index (χ1) is 8.29. The van der Waals surface area contributed by atoms with Crippen molar-refractivity contribution in [2.24, 2.45) is 11.8 Å². The maximum atomic E-state index is 3.79. The standard InChI is InChI=1S/C15H30N2/c1-3-8-16-15-7-6-13(2)11-14(15)12-17-9-4-5-10-17/h13-16H,3-12H2,1-2H3. The van der Waals surface area contributed by atoms with Crippen LogP contribution in [-0.4, -0.2) is 37.1 Å². The molecule has 1 aliphatic heterocycles. The summed E-state index contributed by atoms with van der Waals surface area (Å²) in [5, 5.41) is 3.79. The summed E-state index contributed by atoms with van der Waals surface area (Å²) in [4.78, 5) is 2.70. The van der Waals surface area contributed by atoms with E-state index in [0.717, 1.165) is 17.9 Å². The minimum Gasteiger partial charge on any atom is -0.314 e. The molecule has 2 aliphatic rings. The third-order valence-corrected chi connectivity index (χ3v) is 4.59. The average molecular weight is 238 g/mol. The van der Waals surface area contributed by atoms with Gasteiger partial charge >= 0.3 is 0 Å². The maximum Gasteiger partial charge on any atom is 0.0108 e. The zero-order valence-electron chi connectivity index (χ0n) is 11.8. The molecule has 0 aromatic heterocycles. The number of nitrogens with zero attached hydrogens (tertiary/aromatic N) is 1. The van der Waals surface area contributed by atoms with Gasteiger partial charge in [-0.3, -0.25) is 0 Å². The number of hydrogen-bond donors (Lipinski definition) is 1. The Morgan fingerprint density at radius 2 is 1.94 bits per heavy atom. The minimum absolute atomic E-state index is 0.798. The molecule has 1 saturated carbocycles. The second-order valence-electron chi connectivity index (χ2n) is 6.25. The van der Waals surface area contributed by atoms with Gasteiger partial charge in [0.2, 0.25) is 0 Å². The summed E-state index contributed by atoms with van der Waals surface area (Å²) >= 11 is 0. The van der Waals surface area contributed by atoms with Crippen molar-refractivity contribution in [2.75, 3.05) is 26.2 Å².